The average molecular weight is 332 g/mol. The van der Waals surface area contributed by atoms with Crippen LogP contribution in [0.1, 0.15) is 5.56 Å². The van der Waals surface area contributed by atoms with E-state index in [9.17, 15) is 9.18 Å². The van der Waals surface area contributed by atoms with Gasteiger partial charge in [0.05, 0.1) is 11.4 Å². The van der Waals surface area contributed by atoms with Gasteiger partial charge in [-0.2, -0.15) is 5.26 Å². The summed E-state index contributed by atoms with van der Waals surface area (Å²) < 4.78 is 18.6. The molecular weight excluding hydrogens is 315 g/mol. The van der Waals surface area contributed by atoms with Gasteiger partial charge in [-0.1, -0.05) is 13.2 Å². The molecule has 0 saturated heterocycles. The molecule has 0 unspecified atom stereocenters. The van der Waals surface area contributed by atoms with Gasteiger partial charge in [-0.05, 0) is 12.1 Å². The Morgan fingerprint density at radius 2 is 2.21 bits per heavy atom. The molecule has 0 spiro atoms. The van der Waals surface area contributed by atoms with Crippen LogP contribution in [0.15, 0.2) is 54.5 Å². The predicted octanol–water partition coefficient (Wildman–Crippen LogP) is 0.720. The highest BCUT2D eigenvalue weighted by Gasteiger charge is 2.18. The summed E-state index contributed by atoms with van der Waals surface area (Å²) in [7, 11) is 0. The van der Waals surface area contributed by atoms with E-state index in [4.69, 9.17) is 27.2 Å². The molecule has 126 valence electrons. The van der Waals surface area contributed by atoms with E-state index in [1.54, 1.807) is 6.07 Å². The Morgan fingerprint density at radius 1 is 1.54 bits per heavy atom. The number of H-pyrrole nitrogens is 1. The second-order valence-electron chi connectivity index (χ2n) is 4.38. The number of hydrogen-bond acceptors (Lipinski definition) is 6. The first kappa shape index (κ1) is 18.4. The van der Waals surface area contributed by atoms with Crippen molar-refractivity contribution in [3.63, 3.8) is 0 Å². The van der Waals surface area contributed by atoms with Crippen molar-refractivity contribution in [3.05, 3.63) is 60.0 Å². The lowest BCUT2D eigenvalue weighted by atomic mass is 10.1. The molecule has 8 N–H and O–H groups in total. The molecule has 0 aliphatic heterocycles. The summed E-state index contributed by atoms with van der Waals surface area (Å²) in [5.41, 5.74) is 16.7. The van der Waals surface area contributed by atoms with Crippen LogP contribution in [0.4, 0.5) is 10.2 Å². The molecule has 0 fully saturated rings. The Morgan fingerprint density at radius 3 is 2.62 bits per heavy atom. The molecule has 0 aliphatic carbocycles. The molecule has 0 atom stereocenters. The van der Waals surface area contributed by atoms with E-state index < -0.39 is 18.3 Å². The van der Waals surface area contributed by atoms with Crippen LogP contribution in [0.25, 0.3) is 5.70 Å². The fraction of sp³-hybridized carbons (Fsp3) is 0.0667. The lowest BCUT2D eigenvalue weighted by Gasteiger charge is -2.16. The van der Waals surface area contributed by atoms with Gasteiger partial charge in [0.15, 0.2) is 18.2 Å². The van der Waals surface area contributed by atoms with Gasteiger partial charge in [-0.15, -0.1) is 0 Å². The van der Waals surface area contributed by atoms with E-state index in [2.05, 4.69) is 23.5 Å². The summed E-state index contributed by atoms with van der Waals surface area (Å²) >= 11 is 0. The molecule has 1 rings (SSSR count). The highest BCUT2D eigenvalue weighted by Crippen LogP contribution is 2.24. The number of carbonyl (C=O) groups excluding carboxylic acids is 1. The summed E-state index contributed by atoms with van der Waals surface area (Å²) in [5, 5.41) is 11.3. The van der Waals surface area contributed by atoms with Gasteiger partial charge in [-0.25, -0.2) is 4.39 Å². The van der Waals surface area contributed by atoms with Gasteiger partial charge in [0.25, 0.3) is 5.91 Å². The summed E-state index contributed by atoms with van der Waals surface area (Å²) in [5.74, 6) is -2.04. The number of nitrogens with one attached hydrogen (secondary N) is 2. The Bertz CT molecular complexity index is 769. The van der Waals surface area contributed by atoms with Gasteiger partial charge >= 0.3 is 0 Å². The maximum atomic E-state index is 13.6. The largest absolute Gasteiger partial charge is 0.473 e. The zero-order chi connectivity index (χ0) is 18.3. The SMILES string of the molecule is C=C/C(N/C(=C(/N)C(N)=O)c1cc[nH]c1N)=C(/OCC#N)C(=C)F. The zero-order valence-electron chi connectivity index (χ0n) is 12.7. The van der Waals surface area contributed by atoms with E-state index in [-0.39, 0.29) is 28.7 Å². The Hall–Kier alpha value is -3.67. The summed E-state index contributed by atoms with van der Waals surface area (Å²) in [4.78, 5) is 14.1. The Kier molecular flexibility index (Phi) is 6.20. The fourth-order valence-corrected chi connectivity index (χ4v) is 1.75. The maximum Gasteiger partial charge on any atom is 0.266 e. The van der Waals surface area contributed by atoms with Crippen LogP contribution in [-0.4, -0.2) is 17.5 Å². The summed E-state index contributed by atoms with van der Waals surface area (Å²) in [6, 6.07) is 3.24. The van der Waals surface area contributed by atoms with Crippen molar-refractivity contribution in [1.82, 2.24) is 10.3 Å². The first-order valence-corrected chi connectivity index (χ1v) is 6.54. The van der Waals surface area contributed by atoms with Gasteiger partial charge in [0.1, 0.15) is 17.6 Å². The number of rotatable bonds is 8. The van der Waals surface area contributed by atoms with Crippen molar-refractivity contribution in [1.29, 1.82) is 5.26 Å². The molecule has 0 saturated carbocycles. The number of amides is 1. The Balaban J connectivity index is 3.45. The molecule has 0 aromatic carbocycles. The van der Waals surface area contributed by atoms with Crippen LogP contribution >= 0.6 is 0 Å². The van der Waals surface area contributed by atoms with Crippen molar-refractivity contribution in [2.75, 3.05) is 12.3 Å². The van der Waals surface area contributed by atoms with E-state index in [0.717, 1.165) is 0 Å². The normalized spacial score (nSPS) is 12.3. The topological polar surface area (TPSA) is 156 Å². The monoisotopic (exact) mass is 332 g/mol. The van der Waals surface area contributed by atoms with Crippen molar-refractivity contribution in [2.24, 2.45) is 11.5 Å². The quantitative estimate of drug-likeness (QED) is 0.268. The standard InChI is InChI=1S/C15H17FN6O2/c1-3-10(13(8(2)16)24-7-5-17)22-12(11(18)15(20)23)9-4-6-21-14(9)19/h3-4,6,21-22H,1-2,7,18-19H2,(H2,20,23)/b12-11+,13-10-. The van der Waals surface area contributed by atoms with Gasteiger partial charge in [0, 0.05) is 11.8 Å². The number of halogens is 1. The average Bonchev–Trinajstić information content (AvgIpc) is 2.95. The first-order chi connectivity index (χ1) is 11.3. The van der Waals surface area contributed by atoms with Crippen LogP contribution in [0.2, 0.25) is 0 Å². The molecule has 9 heteroatoms. The van der Waals surface area contributed by atoms with Crippen LogP contribution < -0.4 is 22.5 Å². The van der Waals surface area contributed by atoms with E-state index >= 15 is 0 Å². The van der Waals surface area contributed by atoms with Crippen molar-refractivity contribution in [2.45, 2.75) is 0 Å². The highest BCUT2D eigenvalue weighted by molar-refractivity contribution is 6.00. The number of nitrogens with two attached hydrogens (primary N) is 3. The number of nitrogen functional groups attached to an aromatic ring is 1. The number of allylic oxidation sites excluding steroid dienone is 2. The van der Waals surface area contributed by atoms with Gasteiger partial charge < -0.3 is 32.2 Å². The number of aromatic nitrogens is 1. The van der Waals surface area contributed by atoms with Gasteiger partial charge in [0.2, 0.25) is 0 Å². The zero-order valence-corrected chi connectivity index (χ0v) is 12.7. The number of aromatic amines is 1. The molecule has 24 heavy (non-hydrogen) atoms. The van der Waals surface area contributed by atoms with Gasteiger partial charge in [-0.3, -0.25) is 4.79 Å². The lowest BCUT2D eigenvalue weighted by Crippen LogP contribution is -2.27. The van der Waals surface area contributed by atoms with Crippen molar-refractivity contribution < 1.29 is 13.9 Å². The summed E-state index contributed by atoms with van der Waals surface area (Å²) in [6.45, 7) is 6.23. The maximum absolute atomic E-state index is 13.6. The number of carbonyl (C=O) groups is 1. The second kappa shape index (κ2) is 8.09. The van der Waals surface area contributed by atoms with E-state index in [0.29, 0.717) is 5.56 Å². The van der Waals surface area contributed by atoms with Crippen LogP contribution in [-0.2, 0) is 9.53 Å². The molecular formula is C15H17FN6O2. The van der Waals surface area contributed by atoms with Crippen LogP contribution in [0.3, 0.4) is 0 Å². The number of ether oxygens (including phenoxy) is 1. The fourth-order valence-electron chi connectivity index (χ4n) is 1.75. The van der Waals surface area contributed by atoms with Crippen molar-refractivity contribution >= 4 is 17.4 Å². The number of hydrogen-bond donors (Lipinski definition) is 5. The highest BCUT2D eigenvalue weighted by atomic mass is 19.1. The molecule has 1 heterocycles. The second-order valence-corrected chi connectivity index (χ2v) is 4.38. The minimum atomic E-state index is -0.952. The minimum Gasteiger partial charge on any atom is -0.473 e. The van der Waals surface area contributed by atoms with Crippen LogP contribution in [0, 0.1) is 11.3 Å². The predicted molar refractivity (Wildman–Crippen MR) is 87.7 cm³/mol. The molecule has 0 bridgehead atoms. The number of primary amides is 1. The third-order valence-electron chi connectivity index (χ3n) is 2.82. The number of anilines is 1. The molecule has 8 nitrogen and oxygen atoms in total. The van der Waals surface area contributed by atoms with Crippen LogP contribution in [0.5, 0.6) is 0 Å². The molecule has 0 aliphatic rings. The molecule has 0 radical (unpaired) electrons. The Labute approximate surface area is 137 Å². The third-order valence-corrected chi connectivity index (χ3v) is 2.82. The molecule has 1 amide bonds. The van der Waals surface area contributed by atoms with Crippen molar-refractivity contribution in [3.8, 4) is 6.07 Å². The van der Waals surface area contributed by atoms with E-state index in [1.165, 1.54) is 18.3 Å². The minimum absolute atomic E-state index is 0.0162. The number of nitriles is 1. The molecule has 1 aromatic heterocycles. The lowest BCUT2D eigenvalue weighted by molar-refractivity contribution is -0.114. The smallest absolute Gasteiger partial charge is 0.266 e. The molecule has 1 aromatic rings. The van der Waals surface area contributed by atoms with E-state index in [1.807, 2.05) is 0 Å². The number of nitrogens with zero attached hydrogens (tertiary/aromatic N) is 1. The third kappa shape index (κ3) is 4.17. The summed E-state index contributed by atoms with van der Waals surface area (Å²) in [6.07, 6.45) is 2.72. The first-order valence-electron chi connectivity index (χ1n) is 6.54.